The van der Waals surface area contributed by atoms with Gasteiger partial charge in [-0.1, -0.05) is 0 Å². The summed E-state index contributed by atoms with van der Waals surface area (Å²) in [7, 11) is 0. The predicted molar refractivity (Wildman–Crippen MR) is 28.1 cm³/mol. The van der Waals surface area contributed by atoms with Crippen molar-refractivity contribution in [2.45, 2.75) is 0 Å². The van der Waals surface area contributed by atoms with Crippen LogP contribution in [0, 0.1) is 22.7 Å². The molecule has 40 valence electrons. The summed E-state index contributed by atoms with van der Waals surface area (Å²) in [4.78, 5) is 6.77. The summed E-state index contributed by atoms with van der Waals surface area (Å²) >= 11 is 0. The minimum Gasteiger partial charge on any atom is -0.191 e. The first-order valence-corrected chi connectivity index (χ1v) is 2.09. The molecule has 4 nitrogen and oxygen atoms in total. The number of nitriles is 2. The third kappa shape index (κ3) is 0.700. The molecule has 4 heteroatoms. The molecule has 0 aromatic heterocycles. The normalized spacial score (nSPS) is 13.6. The lowest BCUT2D eigenvalue weighted by molar-refractivity contribution is 1.32. The summed E-state index contributed by atoms with van der Waals surface area (Å²) < 4.78 is 0. The van der Waals surface area contributed by atoms with Gasteiger partial charge in [0.1, 0.15) is 18.1 Å². The molecule has 1 aliphatic heterocycles. The highest BCUT2D eigenvalue weighted by atomic mass is 14.9. The second kappa shape index (κ2) is 1.92. The van der Waals surface area contributed by atoms with Crippen molar-refractivity contribution in [2.75, 3.05) is 0 Å². The Morgan fingerprint density at radius 2 is 1.56 bits per heavy atom. The topological polar surface area (TPSA) is 72.3 Å². The lowest BCUT2D eigenvalue weighted by Gasteiger charge is -1.75. The highest BCUT2D eigenvalue weighted by Gasteiger charge is 2.05. The number of nitrogens with zero attached hydrogens (tertiary/aromatic N) is 4. The van der Waals surface area contributed by atoms with Gasteiger partial charge in [-0.15, -0.1) is 0 Å². The van der Waals surface area contributed by atoms with Gasteiger partial charge in [-0.2, -0.15) is 20.5 Å². The van der Waals surface area contributed by atoms with Crippen molar-refractivity contribution in [1.29, 1.82) is 10.5 Å². The fraction of sp³-hybridized carbons (Fsp3) is 0. The molecule has 1 rings (SSSR count). The van der Waals surface area contributed by atoms with Crippen molar-refractivity contribution in [1.82, 2.24) is 0 Å². The van der Waals surface area contributed by atoms with E-state index >= 15 is 0 Å². The van der Waals surface area contributed by atoms with Crippen molar-refractivity contribution in [2.24, 2.45) is 9.98 Å². The van der Waals surface area contributed by atoms with Gasteiger partial charge in [-0.3, -0.25) is 0 Å². The quantitative estimate of drug-likeness (QED) is 0.460. The van der Waals surface area contributed by atoms with E-state index in [0.29, 0.717) is 0 Å². The van der Waals surface area contributed by atoms with Gasteiger partial charge in [0.05, 0.1) is 0 Å². The molecule has 0 spiro atoms. The first-order chi connectivity index (χ1) is 4.38. The third-order valence-corrected chi connectivity index (χ3v) is 0.760. The lowest BCUT2D eigenvalue weighted by atomic mass is 10.4. The SMILES string of the molecule is N#CC1=C(C#N)N=C=N1. The van der Waals surface area contributed by atoms with Crippen molar-refractivity contribution in [3.05, 3.63) is 11.4 Å². The Morgan fingerprint density at radius 3 is 1.89 bits per heavy atom. The lowest BCUT2D eigenvalue weighted by Crippen LogP contribution is -1.73. The molecule has 0 saturated carbocycles. The second-order valence-electron chi connectivity index (χ2n) is 1.24. The van der Waals surface area contributed by atoms with Crippen LogP contribution in [0.3, 0.4) is 0 Å². The largest absolute Gasteiger partial charge is 0.191 e. The van der Waals surface area contributed by atoms with E-state index in [1.165, 1.54) is 0 Å². The summed E-state index contributed by atoms with van der Waals surface area (Å²) in [5.74, 6) is 0. The maximum atomic E-state index is 8.21. The molecule has 9 heavy (non-hydrogen) atoms. The third-order valence-electron chi connectivity index (χ3n) is 0.760. The van der Waals surface area contributed by atoms with Gasteiger partial charge in [0, 0.05) is 0 Å². The molecule has 0 radical (unpaired) electrons. The van der Waals surface area contributed by atoms with Crippen LogP contribution in [0.2, 0.25) is 0 Å². The molecule has 0 aromatic carbocycles. The zero-order chi connectivity index (χ0) is 6.69. The number of hydrogen-bond donors (Lipinski definition) is 0. The van der Waals surface area contributed by atoms with E-state index in [1.807, 2.05) is 0 Å². The van der Waals surface area contributed by atoms with Gasteiger partial charge in [0.2, 0.25) is 0 Å². The van der Waals surface area contributed by atoms with E-state index < -0.39 is 0 Å². The summed E-state index contributed by atoms with van der Waals surface area (Å²) in [6, 6.07) is 5.55. The number of aliphatic imine (C=N–C) groups is 2. The second-order valence-corrected chi connectivity index (χ2v) is 1.24. The van der Waals surface area contributed by atoms with Crippen LogP contribution in [0.1, 0.15) is 0 Å². The first kappa shape index (κ1) is 5.24. The van der Waals surface area contributed by atoms with Crippen molar-refractivity contribution in [3.8, 4) is 12.1 Å². The van der Waals surface area contributed by atoms with E-state index in [2.05, 4.69) is 16.0 Å². The van der Waals surface area contributed by atoms with E-state index in [9.17, 15) is 0 Å². The van der Waals surface area contributed by atoms with E-state index in [-0.39, 0.29) is 11.4 Å². The fourth-order valence-corrected chi connectivity index (χ4v) is 0.387. The molecule has 1 heterocycles. The highest BCUT2D eigenvalue weighted by molar-refractivity contribution is 5.58. The van der Waals surface area contributed by atoms with Crippen LogP contribution in [-0.2, 0) is 0 Å². The summed E-state index contributed by atoms with van der Waals surface area (Å²) in [5, 5.41) is 16.4. The van der Waals surface area contributed by atoms with Gasteiger partial charge >= 0.3 is 0 Å². The van der Waals surface area contributed by atoms with Gasteiger partial charge in [-0.05, 0) is 0 Å². The molecule has 0 aromatic rings. The smallest absolute Gasteiger partial charge is 0.189 e. The molecule has 0 N–H and O–H groups in total. The minimum atomic E-state index is 0.0394. The van der Waals surface area contributed by atoms with Gasteiger partial charge in [-0.25, -0.2) is 0 Å². The number of hydrogen-bond acceptors (Lipinski definition) is 4. The Hall–Kier alpha value is -1.90. The average Bonchev–Trinajstić information content (AvgIpc) is 2.33. The Morgan fingerprint density at radius 1 is 1.11 bits per heavy atom. The van der Waals surface area contributed by atoms with Crippen molar-refractivity contribution < 1.29 is 0 Å². The van der Waals surface area contributed by atoms with Crippen molar-refractivity contribution in [3.63, 3.8) is 0 Å². The maximum absolute atomic E-state index is 8.21. The zero-order valence-corrected chi connectivity index (χ0v) is 4.29. The molecular formula is C5N4. The number of allylic oxidation sites excluding steroid dienone is 2. The Balaban J connectivity index is 3.12. The summed E-state index contributed by atoms with van der Waals surface area (Å²) in [6.07, 6.45) is 0. The van der Waals surface area contributed by atoms with Crippen LogP contribution in [0.4, 0.5) is 0 Å². The molecule has 0 fully saturated rings. The Kier molecular flexibility index (Phi) is 1.12. The Bertz CT molecular complexity index is 275. The van der Waals surface area contributed by atoms with Crippen molar-refractivity contribution >= 4 is 6.01 Å². The molecule has 0 saturated heterocycles. The van der Waals surface area contributed by atoms with Crippen LogP contribution in [-0.4, -0.2) is 6.01 Å². The molecule has 0 amide bonds. The zero-order valence-electron chi connectivity index (χ0n) is 4.29. The Labute approximate surface area is 51.1 Å². The monoisotopic (exact) mass is 116 g/mol. The van der Waals surface area contributed by atoms with Crippen LogP contribution in [0.25, 0.3) is 0 Å². The summed E-state index contributed by atoms with van der Waals surface area (Å²) in [5.41, 5.74) is 0.0787. The van der Waals surface area contributed by atoms with E-state index in [4.69, 9.17) is 10.5 Å². The molecule has 0 bridgehead atoms. The standard InChI is InChI=1S/C5N4/c6-1-4-5(2-7)9-3-8-4. The average molecular weight is 116 g/mol. The van der Waals surface area contributed by atoms with Crippen LogP contribution in [0.15, 0.2) is 21.4 Å². The first-order valence-electron chi connectivity index (χ1n) is 2.09. The molecule has 0 atom stereocenters. The van der Waals surface area contributed by atoms with Crippen LogP contribution in [0.5, 0.6) is 0 Å². The minimum absolute atomic E-state index is 0.0394. The maximum Gasteiger partial charge on any atom is 0.189 e. The van der Waals surface area contributed by atoms with Gasteiger partial charge in [0.25, 0.3) is 0 Å². The molecular weight excluding hydrogens is 116 g/mol. The molecule has 0 unspecified atom stereocenters. The van der Waals surface area contributed by atoms with Gasteiger partial charge < -0.3 is 0 Å². The van der Waals surface area contributed by atoms with E-state index in [1.54, 1.807) is 12.1 Å². The highest BCUT2D eigenvalue weighted by Crippen LogP contribution is 2.07. The molecule has 0 aliphatic carbocycles. The summed E-state index contributed by atoms with van der Waals surface area (Å²) in [6.45, 7) is 0. The molecule has 1 aliphatic rings. The van der Waals surface area contributed by atoms with Gasteiger partial charge in [0.15, 0.2) is 11.4 Å². The predicted octanol–water partition coefficient (Wildman–Crippen LogP) is 0.433. The van der Waals surface area contributed by atoms with E-state index in [0.717, 1.165) is 0 Å². The fourth-order valence-electron chi connectivity index (χ4n) is 0.387. The number of rotatable bonds is 0. The van der Waals surface area contributed by atoms with Crippen LogP contribution < -0.4 is 0 Å². The van der Waals surface area contributed by atoms with Crippen LogP contribution >= 0.6 is 0 Å².